The van der Waals surface area contributed by atoms with Crippen molar-refractivity contribution in [2.75, 3.05) is 13.2 Å². The number of aromatic hydroxyl groups is 1. The van der Waals surface area contributed by atoms with Gasteiger partial charge < -0.3 is 14.6 Å². The van der Waals surface area contributed by atoms with E-state index in [1.165, 1.54) is 18.2 Å². The number of esters is 1. The Bertz CT molecular complexity index is 386. The molecule has 0 heterocycles. The van der Waals surface area contributed by atoms with E-state index in [9.17, 15) is 14.7 Å². The number of hydrogen-bond acceptors (Lipinski definition) is 5. The Hall–Kier alpha value is -2.04. The molecule has 0 saturated heterocycles. The van der Waals surface area contributed by atoms with Gasteiger partial charge in [0.1, 0.15) is 11.5 Å². The fourth-order valence-corrected chi connectivity index (χ4v) is 1.12. The fraction of sp³-hybridized carbons (Fsp3) is 0.273. The summed E-state index contributed by atoms with van der Waals surface area (Å²) in [5.74, 6) is -0.554. The van der Waals surface area contributed by atoms with Crippen LogP contribution in [0.25, 0.3) is 0 Å². The number of ether oxygens (including phenoxy) is 2. The molecule has 16 heavy (non-hydrogen) atoms. The van der Waals surface area contributed by atoms with Crippen LogP contribution in [0.1, 0.15) is 17.3 Å². The highest BCUT2D eigenvalue weighted by atomic mass is 16.6. The highest BCUT2D eigenvalue weighted by Gasteiger charge is 2.10. The molecule has 5 heteroatoms. The second-order valence-corrected chi connectivity index (χ2v) is 2.90. The molecule has 0 radical (unpaired) electrons. The van der Waals surface area contributed by atoms with Crippen molar-refractivity contribution in [2.24, 2.45) is 0 Å². The summed E-state index contributed by atoms with van der Waals surface area (Å²) in [7, 11) is 0. The van der Waals surface area contributed by atoms with Crippen LogP contribution in [0.15, 0.2) is 18.2 Å². The third kappa shape index (κ3) is 2.98. The van der Waals surface area contributed by atoms with Crippen LogP contribution < -0.4 is 4.74 Å². The van der Waals surface area contributed by atoms with Crippen LogP contribution in [-0.2, 0) is 9.53 Å². The topological polar surface area (TPSA) is 72.8 Å². The molecular formula is C11H12O5. The summed E-state index contributed by atoms with van der Waals surface area (Å²) >= 11 is 0. The summed E-state index contributed by atoms with van der Waals surface area (Å²) in [5, 5.41) is 9.33. The number of rotatable bonds is 5. The highest BCUT2D eigenvalue weighted by Crippen LogP contribution is 2.25. The molecule has 0 bridgehead atoms. The van der Waals surface area contributed by atoms with Gasteiger partial charge in [0.15, 0.2) is 12.9 Å². The SMILES string of the molecule is CCOC(=O)COc1cccc(O)c1C=O. The first-order chi connectivity index (χ1) is 7.69. The molecule has 1 N–H and O–H groups in total. The first-order valence-electron chi connectivity index (χ1n) is 4.74. The minimum Gasteiger partial charge on any atom is -0.507 e. The van der Waals surface area contributed by atoms with Gasteiger partial charge in [-0.1, -0.05) is 6.07 Å². The summed E-state index contributed by atoms with van der Waals surface area (Å²) in [6.07, 6.45) is 0.468. The Morgan fingerprint density at radius 1 is 1.50 bits per heavy atom. The van der Waals surface area contributed by atoms with Crippen LogP contribution in [0.3, 0.4) is 0 Å². The maximum atomic E-state index is 11.0. The third-order valence-electron chi connectivity index (χ3n) is 1.81. The molecule has 86 valence electrons. The number of carbonyl (C=O) groups excluding carboxylic acids is 2. The average Bonchev–Trinajstić information content (AvgIpc) is 2.27. The lowest BCUT2D eigenvalue weighted by Crippen LogP contribution is -2.15. The van der Waals surface area contributed by atoms with Crippen molar-refractivity contribution < 1.29 is 24.2 Å². The number of hydrogen-bond donors (Lipinski definition) is 1. The lowest BCUT2D eigenvalue weighted by molar-refractivity contribution is -0.145. The molecule has 0 atom stereocenters. The molecule has 0 aliphatic carbocycles. The predicted octanol–water partition coefficient (Wildman–Crippen LogP) is 1.15. The van der Waals surface area contributed by atoms with E-state index in [4.69, 9.17) is 4.74 Å². The Morgan fingerprint density at radius 3 is 2.88 bits per heavy atom. The summed E-state index contributed by atoms with van der Waals surface area (Å²) in [5.41, 5.74) is 0.0202. The molecule has 1 aromatic rings. The van der Waals surface area contributed by atoms with Crippen LogP contribution in [0.2, 0.25) is 0 Å². The van der Waals surface area contributed by atoms with Crippen LogP contribution in [0.5, 0.6) is 11.5 Å². The zero-order valence-electron chi connectivity index (χ0n) is 8.80. The van der Waals surface area contributed by atoms with Crippen LogP contribution in [-0.4, -0.2) is 30.6 Å². The van der Waals surface area contributed by atoms with Gasteiger partial charge in [-0.05, 0) is 19.1 Å². The summed E-state index contributed by atoms with van der Waals surface area (Å²) in [4.78, 5) is 21.7. The highest BCUT2D eigenvalue weighted by molar-refractivity contribution is 5.83. The zero-order chi connectivity index (χ0) is 12.0. The zero-order valence-corrected chi connectivity index (χ0v) is 8.80. The summed E-state index contributed by atoms with van der Waals surface area (Å²) < 4.78 is 9.71. The minimum absolute atomic E-state index is 0.0202. The summed E-state index contributed by atoms with van der Waals surface area (Å²) in [6, 6.07) is 4.37. The molecule has 0 saturated carbocycles. The smallest absolute Gasteiger partial charge is 0.344 e. The molecule has 0 aliphatic rings. The van der Waals surface area contributed by atoms with E-state index < -0.39 is 5.97 Å². The molecule has 0 aliphatic heterocycles. The monoisotopic (exact) mass is 224 g/mol. The minimum atomic E-state index is -0.525. The van der Waals surface area contributed by atoms with Crippen molar-refractivity contribution in [3.8, 4) is 11.5 Å². The number of phenols is 1. The second-order valence-electron chi connectivity index (χ2n) is 2.90. The van der Waals surface area contributed by atoms with Gasteiger partial charge >= 0.3 is 5.97 Å². The van der Waals surface area contributed by atoms with Crippen molar-refractivity contribution in [3.63, 3.8) is 0 Å². The Labute approximate surface area is 92.6 Å². The molecule has 0 aromatic heterocycles. The fourth-order valence-electron chi connectivity index (χ4n) is 1.12. The van der Waals surface area contributed by atoms with Crippen molar-refractivity contribution in [3.05, 3.63) is 23.8 Å². The number of benzene rings is 1. The lowest BCUT2D eigenvalue weighted by atomic mass is 10.2. The van der Waals surface area contributed by atoms with E-state index >= 15 is 0 Å². The maximum absolute atomic E-state index is 11.0. The quantitative estimate of drug-likeness (QED) is 0.599. The van der Waals surface area contributed by atoms with Crippen molar-refractivity contribution in [2.45, 2.75) is 6.92 Å². The second kappa shape index (κ2) is 5.75. The third-order valence-corrected chi connectivity index (χ3v) is 1.81. The Kier molecular flexibility index (Phi) is 4.32. The molecule has 0 fully saturated rings. The van der Waals surface area contributed by atoms with Crippen molar-refractivity contribution >= 4 is 12.3 Å². The first-order valence-corrected chi connectivity index (χ1v) is 4.74. The summed E-state index contributed by atoms with van der Waals surface area (Å²) in [6.45, 7) is 1.66. The van der Waals surface area contributed by atoms with E-state index in [1.54, 1.807) is 6.92 Å². The van der Waals surface area contributed by atoms with Gasteiger partial charge in [0.05, 0.1) is 12.2 Å². The van der Waals surface area contributed by atoms with E-state index in [2.05, 4.69) is 4.74 Å². The van der Waals surface area contributed by atoms with Gasteiger partial charge in [-0.25, -0.2) is 4.79 Å². The van der Waals surface area contributed by atoms with E-state index in [0.29, 0.717) is 6.29 Å². The first kappa shape index (κ1) is 12.0. The molecule has 5 nitrogen and oxygen atoms in total. The van der Waals surface area contributed by atoms with Gasteiger partial charge in [-0.15, -0.1) is 0 Å². The standard InChI is InChI=1S/C11H12O5/c1-2-15-11(14)7-16-10-5-3-4-9(13)8(10)6-12/h3-6,13H,2,7H2,1H3. The maximum Gasteiger partial charge on any atom is 0.344 e. The lowest BCUT2D eigenvalue weighted by Gasteiger charge is -2.08. The van der Waals surface area contributed by atoms with Crippen molar-refractivity contribution in [1.29, 1.82) is 0 Å². The van der Waals surface area contributed by atoms with Gasteiger partial charge in [-0.3, -0.25) is 4.79 Å². The van der Waals surface area contributed by atoms with Crippen LogP contribution >= 0.6 is 0 Å². The van der Waals surface area contributed by atoms with Gasteiger partial charge in [-0.2, -0.15) is 0 Å². The molecular weight excluding hydrogens is 212 g/mol. The number of carbonyl (C=O) groups is 2. The van der Waals surface area contributed by atoms with Crippen molar-refractivity contribution in [1.82, 2.24) is 0 Å². The molecule has 0 amide bonds. The Morgan fingerprint density at radius 2 is 2.25 bits per heavy atom. The van der Waals surface area contributed by atoms with E-state index in [0.717, 1.165) is 0 Å². The number of phenolic OH excluding ortho intramolecular Hbond substituents is 1. The molecule has 1 rings (SSSR count). The molecule has 0 unspecified atom stereocenters. The Balaban J connectivity index is 2.70. The average molecular weight is 224 g/mol. The van der Waals surface area contributed by atoms with Gasteiger partial charge in [0.25, 0.3) is 0 Å². The largest absolute Gasteiger partial charge is 0.507 e. The van der Waals surface area contributed by atoms with Crippen LogP contribution in [0.4, 0.5) is 0 Å². The van der Waals surface area contributed by atoms with E-state index in [-0.39, 0.29) is 30.3 Å². The number of aldehydes is 1. The normalized spacial score (nSPS) is 9.56. The molecule has 1 aromatic carbocycles. The van der Waals surface area contributed by atoms with Gasteiger partial charge in [0, 0.05) is 0 Å². The predicted molar refractivity (Wildman–Crippen MR) is 55.6 cm³/mol. The molecule has 0 spiro atoms. The van der Waals surface area contributed by atoms with Crippen LogP contribution in [0, 0.1) is 0 Å². The van der Waals surface area contributed by atoms with Gasteiger partial charge in [0.2, 0.25) is 0 Å². The van der Waals surface area contributed by atoms with E-state index in [1.807, 2.05) is 0 Å².